The summed E-state index contributed by atoms with van der Waals surface area (Å²) < 4.78 is 0. The number of carbonyl (C=O) groups is 1. The maximum atomic E-state index is 13.1. The molecule has 5 nitrogen and oxygen atoms in total. The Morgan fingerprint density at radius 2 is 2.09 bits per heavy atom. The number of likely N-dealkylation sites (tertiary alicyclic amines) is 1. The van der Waals surface area contributed by atoms with E-state index in [0.29, 0.717) is 5.02 Å². The van der Waals surface area contributed by atoms with Crippen LogP contribution in [0.3, 0.4) is 0 Å². The molecule has 1 amide bonds. The van der Waals surface area contributed by atoms with E-state index in [1.54, 1.807) is 12.1 Å². The van der Waals surface area contributed by atoms with Crippen molar-refractivity contribution in [2.45, 2.75) is 31.8 Å². The third-order valence-electron chi connectivity index (χ3n) is 4.82. The van der Waals surface area contributed by atoms with Crippen LogP contribution in [0.5, 0.6) is 5.75 Å². The highest BCUT2D eigenvalue weighted by Gasteiger charge is 2.36. The zero-order valence-electron chi connectivity index (χ0n) is 13.5. The lowest BCUT2D eigenvalue weighted by Gasteiger charge is -2.40. The molecule has 0 spiro atoms. The van der Waals surface area contributed by atoms with Gasteiger partial charge in [0.2, 0.25) is 5.91 Å². The number of aromatic hydroxyl groups is 1. The fraction of sp³-hybridized carbons (Fsp3) is 0.588. The highest BCUT2D eigenvalue weighted by molar-refractivity contribution is 6.32. The maximum Gasteiger partial charge on any atom is 0.244 e. The first-order chi connectivity index (χ1) is 11.1. The second kappa shape index (κ2) is 7.07. The minimum atomic E-state index is -0.330. The summed E-state index contributed by atoms with van der Waals surface area (Å²) in [5, 5.41) is 13.4. The number of piperazine rings is 1. The summed E-state index contributed by atoms with van der Waals surface area (Å²) >= 11 is 6.09. The average Bonchev–Trinajstić information content (AvgIpc) is 3.07. The largest absolute Gasteiger partial charge is 0.506 e. The molecule has 0 saturated carbocycles. The monoisotopic (exact) mass is 337 g/mol. The van der Waals surface area contributed by atoms with Gasteiger partial charge in [0.05, 0.1) is 5.02 Å². The van der Waals surface area contributed by atoms with Gasteiger partial charge in [0.1, 0.15) is 11.8 Å². The summed E-state index contributed by atoms with van der Waals surface area (Å²) in [6.07, 6.45) is 2.15. The number of rotatable bonds is 3. The van der Waals surface area contributed by atoms with Gasteiger partial charge in [-0.3, -0.25) is 9.69 Å². The van der Waals surface area contributed by atoms with Gasteiger partial charge >= 0.3 is 0 Å². The van der Waals surface area contributed by atoms with Crippen LogP contribution in [0, 0.1) is 0 Å². The van der Waals surface area contributed by atoms with Crippen molar-refractivity contribution in [2.75, 3.05) is 32.7 Å². The molecule has 2 atom stereocenters. The summed E-state index contributed by atoms with van der Waals surface area (Å²) in [7, 11) is 0. The van der Waals surface area contributed by atoms with Gasteiger partial charge in [0.25, 0.3) is 0 Å². The molecule has 2 aliphatic rings. The number of nitrogens with zero attached hydrogens (tertiary/aromatic N) is 2. The fourth-order valence-corrected chi connectivity index (χ4v) is 3.71. The molecule has 0 aromatic heterocycles. The Morgan fingerprint density at radius 3 is 2.74 bits per heavy atom. The van der Waals surface area contributed by atoms with E-state index in [1.807, 2.05) is 11.0 Å². The normalized spacial score (nSPS) is 23.9. The number of hydrogen-bond donors (Lipinski definition) is 2. The predicted octanol–water partition coefficient (Wildman–Crippen LogP) is 2.00. The Bertz CT molecular complexity index is 575. The molecule has 2 fully saturated rings. The Balaban J connectivity index is 1.94. The fourth-order valence-electron chi connectivity index (χ4n) is 3.52. The van der Waals surface area contributed by atoms with Crippen LogP contribution in [0.1, 0.15) is 31.4 Å². The second-order valence-corrected chi connectivity index (χ2v) is 6.84. The van der Waals surface area contributed by atoms with Gasteiger partial charge in [0, 0.05) is 38.8 Å². The molecular formula is C17H24ClN3O2. The zero-order valence-corrected chi connectivity index (χ0v) is 14.2. The van der Waals surface area contributed by atoms with E-state index >= 15 is 0 Å². The molecule has 2 heterocycles. The van der Waals surface area contributed by atoms with Crippen molar-refractivity contribution < 1.29 is 9.90 Å². The van der Waals surface area contributed by atoms with Gasteiger partial charge in [-0.2, -0.15) is 0 Å². The first-order valence-corrected chi connectivity index (χ1v) is 8.69. The summed E-state index contributed by atoms with van der Waals surface area (Å²) in [4.78, 5) is 17.4. The number of hydrogen-bond acceptors (Lipinski definition) is 4. The predicted molar refractivity (Wildman–Crippen MR) is 90.7 cm³/mol. The number of benzene rings is 1. The molecule has 0 bridgehead atoms. The van der Waals surface area contributed by atoms with Crippen LogP contribution in [0.15, 0.2) is 18.2 Å². The van der Waals surface area contributed by atoms with Gasteiger partial charge < -0.3 is 15.3 Å². The lowest BCUT2D eigenvalue weighted by atomic mass is 10.0. The number of phenolic OH excluding ortho intramolecular Hbond substituents is 1. The topological polar surface area (TPSA) is 55.8 Å². The molecule has 2 aliphatic heterocycles. The van der Waals surface area contributed by atoms with Crippen molar-refractivity contribution in [3.8, 4) is 5.75 Å². The average molecular weight is 338 g/mol. The van der Waals surface area contributed by atoms with Crippen LogP contribution >= 0.6 is 11.6 Å². The van der Waals surface area contributed by atoms with Crippen molar-refractivity contribution in [3.05, 3.63) is 28.8 Å². The van der Waals surface area contributed by atoms with Crippen LogP contribution in [0.25, 0.3) is 0 Å². The molecule has 2 N–H and O–H groups in total. The van der Waals surface area contributed by atoms with E-state index in [2.05, 4.69) is 17.1 Å². The minimum Gasteiger partial charge on any atom is -0.506 e. The molecule has 23 heavy (non-hydrogen) atoms. The first kappa shape index (κ1) is 16.6. The Labute approximate surface area is 142 Å². The number of halogens is 1. The van der Waals surface area contributed by atoms with Crippen LogP contribution in [-0.2, 0) is 4.79 Å². The SMILES string of the molecule is CC1CNCCN1C(C(=O)N1CCCC1)c1ccc(O)c(Cl)c1. The highest BCUT2D eigenvalue weighted by Crippen LogP contribution is 2.32. The lowest BCUT2D eigenvalue weighted by Crippen LogP contribution is -2.54. The standard InChI is InChI=1S/C17H24ClN3O2/c1-12-11-19-6-9-21(12)16(17(23)20-7-2-3-8-20)13-4-5-15(22)14(18)10-13/h4-5,10,12,16,19,22H,2-3,6-9,11H2,1H3. The van der Waals surface area contributed by atoms with Gasteiger partial charge in [-0.25, -0.2) is 0 Å². The molecule has 3 rings (SSSR count). The van der Waals surface area contributed by atoms with Crippen LogP contribution in [-0.4, -0.2) is 59.6 Å². The van der Waals surface area contributed by atoms with E-state index in [9.17, 15) is 9.90 Å². The van der Waals surface area contributed by atoms with Gasteiger partial charge in [-0.1, -0.05) is 17.7 Å². The number of carbonyl (C=O) groups excluding carboxylic acids is 1. The molecule has 0 aliphatic carbocycles. The van der Waals surface area contributed by atoms with Crippen LogP contribution in [0.2, 0.25) is 5.02 Å². The van der Waals surface area contributed by atoms with Crippen molar-refractivity contribution in [2.24, 2.45) is 0 Å². The molecule has 2 saturated heterocycles. The van der Waals surface area contributed by atoms with Gasteiger partial charge in [-0.15, -0.1) is 0 Å². The van der Waals surface area contributed by atoms with E-state index in [0.717, 1.165) is 51.1 Å². The summed E-state index contributed by atoms with van der Waals surface area (Å²) in [6, 6.07) is 5.06. The maximum absolute atomic E-state index is 13.1. The van der Waals surface area contributed by atoms with Gasteiger partial charge in [0.15, 0.2) is 0 Å². The molecule has 6 heteroatoms. The lowest BCUT2D eigenvalue weighted by molar-refractivity contribution is -0.137. The van der Waals surface area contributed by atoms with Crippen LogP contribution in [0.4, 0.5) is 0 Å². The number of phenols is 1. The van der Waals surface area contributed by atoms with Crippen LogP contribution < -0.4 is 5.32 Å². The Morgan fingerprint density at radius 1 is 1.35 bits per heavy atom. The zero-order chi connectivity index (χ0) is 16.4. The summed E-state index contributed by atoms with van der Waals surface area (Å²) in [5.41, 5.74) is 0.860. The molecule has 126 valence electrons. The second-order valence-electron chi connectivity index (χ2n) is 6.44. The smallest absolute Gasteiger partial charge is 0.244 e. The van der Waals surface area contributed by atoms with Gasteiger partial charge in [-0.05, 0) is 37.5 Å². The third kappa shape index (κ3) is 3.47. The van der Waals surface area contributed by atoms with E-state index in [-0.39, 0.29) is 23.7 Å². The van der Waals surface area contributed by atoms with Crippen molar-refractivity contribution >= 4 is 17.5 Å². The molecule has 0 radical (unpaired) electrons. The van der Waals surface area contributed by atoms with E-state index < -0.39 is 0 Å². The van der Waals surface area contributed by atoms with Crippen molar-refractivity contribution in [1.82, 2.24) is 15.1 Å². The molecule has 1 aromatic rings. The number of amides is 1. The third-order valence-corrected chi connectivity index (χ3v) is 5.13. The molecule has 2 unspecified atom stereocenters. The summed E-state index contributed by atoms with van der Waals surface area (Å²) in [5.74, 6) is 0.203. The molecule has 1 aromatic carbocycles. The van der Waals surface area contributed by atoms with Crippen molar-refractivity contribution in [1.29, 1.82) is 0 Å². The quantitative estimate of drug-likeness (QED) is 0.886. The van der Waals surface area contributed by atoms with E-state index in [1.165, 1.54) is 0 Å². The Kier molecular flexibility index (Phi) is 5.09. The highest BCUT2D eigenvalue weighted by atomic mass is 35.5. The Hall–Kier alpha value is -1.30. The van der Waals surface area contributed by atoms with Crippen molar-refractivity contribution in [3.63, 3.8) is 0 Å². The number of nitrogens with one attached hydrogen (secondary N) is 1. The van der Waals surface area contributed by atoms with E-state index in [4.69, 9.17) is 11.6 Å². The molecular weight excluding hydrogens is 314 g/mol. The summed E-state index contributed by atoms with van der Waals surface area (Å²) in [6.45, 7) is 6.38. The minimum absolute atomic E-state index is 0.0520. The first-order valence-electron chi connectivity index (χ1n) is 8.31.